The number of benzene rings is 1. The normalized spacial score (nSPS) is 12.0. The molecule has 0 aromatic heterocycles. The van der Waals surface area contributed by atoms with Crippen molar-refractivity contribution in [1.29, 1.82) is 5.26 Å². The van der Waals surface area contributed by atoms with E-state index in [4.69, 9.17) is 16.9 Å². The lowest BCUT2D eigenvalue weighted by molar-refractivity contribution is -0.119. The average molecular weight is 255 g/mol. The lowest BCUT2D eigenvalue weighted by atomic mass is 9.96. The van der Waals surface area contributed by atoms with E-state index in [-0.39, 0.29) is 16.6 Å². The van der Waals surface area contributed by atoms with Crippen molar-refractivity contribution >= 4 is 23.2 Å². The summed E-state index contributed by atoms with van der Waals surface area (Å²) < 4.78 is 13.0. The first kappa shape index (κ1) is 13.5. The molecule has 0 fully saturated rings. The molecular weight excluding hydrogens is 243 g/mol. The van der Waals surface area contributed by atoms with Crippen LogP contribution < -0.4 is 5.32 Å². The van der Waals surface area contributed by atoms with Crippen molar-refractivity contribution in [3.05, 3.63) is 29.0 Å². The van der Waals surface area contributed by atoms with E-state index in [9.17, 15) is 9.18 Å². The second-order valence-electron chi connectivity index (χ2n) is 4.00. The van der Waals surface area contributed by atoms with E-state index >= 15 is 0 Å². The second kappa shape index (κ2) is 5.65. The highest BCUT2D eigenvalue weighted by Gasteiger charge is 2.21. The first-order chi connectivity index (χ1) is 7.93. The van der Waals surface area contributed by atoms with Crippen molar-refractivity contribution in [2.24, 2.45) is 11.8 Å². The molecule has 1 rings (SSSR count). The first-order valence-corrected chi connectivity index (χ1v) is 5.48. The molecular formula is C12H12ClFN2O. The van der Waals surface area contributed by atoms with Gasteiger partial charge < -0.3 is 5.32 Å². The van der Waals surface area contributed by atoms with E-state index in [1.165, 1.54) is 6.07 Å². The molecule has 1 N–H and O–H groups in total. The molecule has 0 aliphatic heterocycles. The van der Waals surface area contributed by atoms with E-state index in [0.717, 1.165) is 12.1 Å². The van der Waals surface area contributed by atoms with Crippen LogP contribution in [0, 0.1) is 29.0 Å². The van der Waals surface area contributed by atoms with Gasteiger partial charge in [0.25, 0.3) is 0 Å². The second-order valence-corrected chi connectivity index (χ2v) is 4.43. The molecule has 0 aliphatic rings. The van der Waals surface area contributed by atoms with Gasteiger partial charge in [-0.3, -0.25) is 4.79 Å². The fourth-order valence-electron chi connectivity index (χ4n) is 1.36. The predicted octanol–water partition coefficient (Wildman–Crippen LogP) is 3.21. The fraction of sp³-hybridized carbons (Fsp3) is 0.333. The number of carbonyl (C=O) groups excluding carboxylic acids is 1. The number of nitriles is 1. The number of hydrogen-bond donors (Lipinski definition) is 1. The van der Waals surface area contributed by atoms with Gasteiger partial charge in [0.05, 0.1) is 6.07 Å². The van der Waals surface area contributed by atoms with Gasteiger partial charge in [-0.05, 0) is 24.1 Å². The third kappa shape index (κ3) is 3.72. The minimum absolute atomic E-state index is 0.107. The Bertz CT molecular complexity index is 448. The summed E-state index contributed by atoms with van der Waals surface area (Å²) in [5.41, 5.74) is 0.251. The first-order valence-electron chi connectivity index (χ1n) is 5.10. The van der Waals surface area contributed by atoms with E-state index in [1.807, 2.05) is 6.07 Å². The molecule has 5 heteroatoms. The maximum absolute atomic E-state index is 13.0. The average Bonchev–Trinajstić information content (AvgIpc) is 2.15. The molecule has 0 saturated heterocycles. The molecule has 0 spiro atoms. The molecule has 0 bridgehead atoms. The van der Waals surface area contributed by atoms with Crippen molar-refractivity contribution in [1.82, 2.24) is 0 Å². The maximum Gasteiger partial charge on any atom is 0.241 e. The van der Waals surface area contributed by atoms with E-state index in [2.05, 4.69) is 5.32 Å². The molecule has 1 unspecified atom stereocenters. The van der Waals surface area contributed by atoms with Crippen LogP contribution in [0.1, 0.15) is 13.8 Å². The zero-order chi connectivity index (χ0) is 13.0. The van der Waals surface area contributed by atoms with Crippen LogP contribution in [0.15, 0.2) is 18.2 Å². The van der Waals surface area contributed by atoms with Crippen LogP contribution in [0.4, 0.5) is 10.1 Å². The summed E-state index contributed by atoms with van der Waals surface area (Å²) in [6.07, 6.45) is 0. The Hall–Kier alpha value is -1.60. The van der Waals surface area contributed by atoms with Gasteiger partial charge in [0.15, 0.2) is 0 Å². The van der Waals surface area contributed by atoms with Crippen LogP contribution in [0.5, 0.6) is 0 Å². The van der Waals surface area contributed by atoms with Gasteiger partial charge in [0, 0.05) is 10.7 Å². The van der Waals surface area contributed by atoms with Gasteiger partial charge in [-0.15, -0.1) is 0 Å². The standard InChI is InChI=1S/C12H12ClFN2O/c1-7(2)11(6-15)12(17)16-10-4-8(13)3-9(14)5-10/h3-5,7,11H,1-2H3,(H,16,17). The topological polar surface area (TPSA) is 52.9 Å². The Kier molecular flexibility index (Phi) is 4.47. The maximum atomic E-state index is 13.0. The Balaban J connectivity index is 2.84. The van der Waals surface area contributed by atoms with Crippen LogP contribution in [0.2, 0.25) is 5.02 Å². The summed E-state index contributed by atoms with van der Waals surface area (Å²) >= 11 is 5.65. The van der Waals surface area contributed by atoms with Gasteiger partial charge in [-0.1, -0.05) is 25.4 Å². The molecule has 1 aromatic rings. The SMILES string of the molecule is CC(C)C(C#N)C(=O)Nc1cc(F)cc(Cl)c1. The minimum atomic E-state index is -0.767. The molecule has 90 valence electrons. The highest BCUT2D eigenvalue weighted by atomic mass is 35.5. The van der Waals surface area contributed by atoms with E-state index < -0.39 is 17.6 Å². The molecule has 0 radical (unpaired) electrons. The summed E-state index contributed by atoms with van der Waals surface area (Å²) in [6, 6.07) is 5.63. The van der Waals surface area contributed by atoms with Crippen molar-refractivity contribution in [3.8, 4) is 6.07 Å². The summed E-state index contributed by atoms with van der Waals surface area (Å²) in [6.45, 7) is 3.54. The molecule has 3 nitrogen and oxygen atoms in total. The third-order valence-corrected chi connectivity index (χ3v) is 2.44. The van der Waals surface area contributed by atoms with E-state index in [1.54, 1.807) is 13.8 Å². The lowest BCUT2D eigenvalue weighted by Gasteiger charge is -2.13. The Morgan fingerprint density at radius 3 is 2.59 bits per heavy atom. The monoisotopic (exact) mass is 254 g/mol. The van der Waals surface area contributed by atoms with Crippen LogP contribution in [-0.2, 0) is 4.79 Å². The Morgan fingerprint density at radius 1 is 1.47 bits per heavy atom. The molecule has 0 aliphatic carbocycles. The quantitative estimate of drug-likeness (QED) is 0.900. The van der Waals surface area contributed by atoms with Crippen LogP contribution in [0.25, 0.3) is 0 Å². The van der Waals surface area contributed by atoms with E-state index in [0.29, 0.717) is 0 Å². The Morgan fingerprint density at radius 2 is 2.12 bits per heavy atom. The summed E-state index contributed by atoms with van der Waals surface area (Å²) in [7, 11) is 0. The fourth-order valence-corrected chi connectivity index (χ4v) is 1.58. The molecule has 17 heavy (non-hydrogen) atoms. The largest absolute Gasteiger partial charge is 0.325 e. The number of nitrogens with zero attached hydrogens (tertiary/aromatic N) is 1. The molecule has 1 aromatic carbocycles. The van der Waals surface area contributed by atoms with Gasteiger partial charge in [0.1, 0.15) is 11.7 Å². The Labute approximate surface area is 104 Å². The lowest BCUT2D eigenvalue weighted by Crippen LogP contribution is -2.25. The van der Waals surface area contributed by atoms with Crippen LogP contribution >= 0.6 is 11.6 Å². The zero-order valence-electron chi connectivity index (χ0n) is 9.50. The number of nitrogens with one attached hydrogen (secondary N) is 1. The number of rotatable bonds is 3. The van der Waals surface area contributed by atoms with Gasteiger partial charge in [-0.25, -0.2) is 4.39 Å². The smallest absolute Gasteiger partial charge is 0.241 e. The van der Waals surface area contributed by atoms with Crippen LogP contribution in [-0.4, -0.2) is 5.91 Å². The molecule has 1 atom stereocenters. The highest BCUT2D eigenvalue weighted by Crippen LogP contribution is 2.19. The van der Waals surface area contributed by atoms with Crippen LogP contribution in [0.3, 0.4) is 0 Å². The van der Waals surface area contributed by atoms with Gasteiger partial charge in [-0.2, -0.15) is 5.26 Å². The van der Waals surface area contributed by atoms with Crippen molar-refractivity contribution in [3.63, 3.8) is 0 Å². The van der Waals surface area contributed by atoms with Crippen molar-refractivity contribution in [2.45, 2.75) is 13.8 Å². The molecule has 0 saturated carbocycles. The molecule has 0 heterocycles. The van der Waals surface area contributed by atoms with Gasteiger partial charge in [0.2, 0.25) is 5.91 Å². The third-order valence-electron chi connectivity index (χ3n) is 2.22. The number of carbonyl (C=O) groups is 1. The van der Waals surface area contributed by atoms with Crippen molar-refractivity contribution < 1.29 is 9.18 Å². The highest BCUT2D eigenvalue weighted by molar-refractivity contribution is 6.30. The van der Waals surface area contributed by atoms with Crippen molar-refractivity contribution in [2.75, 3.05) is 5.32 Å². The van der Waals surface area contributed by atoms with Gasteiger partial charge >= 0.3 is 0 Å². The number of hydrogen-bond acceptors (Lipinski definition) is 2. The number of halogens is 2. The minimum Gasteiger partial charge on any atom is -0.325 e. The zero-order valence-corrected chi connectivity index (χ0v) is 10.3. The molecule has 1 amide bonds. The summed E-state index contributed by atoms with van der Waals surface area (Å²) in [5.74, 6) is -1.86. The predicted molar refractivity (Wildman–Crippen MR) is 64.0 cm³/mol. The number of anilines is 1. The summed E-state index contributed by atoms with van der Waals surface area (Å²) in [4.78, 5) is 11.7. The summed E-state index contributed by atoms with van der Waals surface area (Å²) in [5, 5.41) is 11.5. The number of amides is 1.